The molecule has 9 nitrogen and oxygen atoms in total. The number of aryl methyl sites for hydroxylation is 1. The van der Waals surface area contributed by atoms with Gasteiger partial charge in [-0.3, -0.25) is 13.9 Å². The molecule has 0 aliphatic heterocycles. The minimum atomic E-state index is -4.15. The highest BCUT2D eigenvalue weighted by Crippen LogP contribution is 2.27. The number of nitrogens with zero attached hydrogens (tertiary/aromatic N) is 2. The number of carbonyl (C=O) groups excluding carboxylic acids is 2. The molecule has 10 heteroatoms. The lowest BCUT2D eigenvalue weighted by atomic mass is 10.1. The Kier molecular flexibility index (Phi) is 12.0. The number of methoxy groups -OCH3 is 1. The van der Waals surface area contributed by atoms with Gasteiger partial charge in [-0.2, -0.15) is 0 Å². The van der Waals surface area contributed by atoms with Crippen LogP contribution in [-0.2, 0) is 26.2 Å². The normalized spacial score (nSPS) is 12.6. The molecular formula is C33H43N3O6S. The van der Waals surface area contributed by atoms with Crippen molar-refractivity contribution in [2.24, 2.45) is 0 Å². The van der Waals surface area contributed by atoms with Crippen LogP contribution in [0.5, 0.6) is 11.5 Å². The van der Waals surface area contributed by atoms with Crippen molar-refractivity contribution in [3.05, 3.63) is 83.9 Å². The van der Waals surface area contributed by atoms with Gasteiger partial charge in [-0.1, -0.05) is 43.7 Å². The molecule has 0 saturated heterocycles. The Bertz CT molecular complexity index is 1440. The molecule has 0 aliphatic rings. The van der Waals surface area contributed by atoms with E-state index in [1.807, 2.05) is 46.8 Å². The van der Waals surface area contributed by atoms with Crippen LogP contribution in [0.15, 0.2) is 77.7 Å². The second kappa shape index (κ2) is 15.4. The summed E-state index contributed by atoms with van der Waals surface area (Å²) in [4.78, 5) is 29.1. The maximum absolute atomic E-state index is 14.2. The zero-order valence-electron chi connectivity index (χ0n) is 25.9. The summed E-state index contributed by atoms with van der Waals surface area (Å²) in [6.07, 6.45) is 1.08. The van der Waals surface area contributed by atoms with Crippen LogP contribution in [0.2, 0.25) is 0 Å². The molecular weight excluding hydrogens is 566 g/mol. The fourth-order valence-corrected chi connectivity index (χ4v) is 5.94. The molecule has 0 aromatic heterocycles. The van der Waals surface area contributed by atoms with Gasteiger partial charge in [0.15, 0.2) is 0 Å². The van der Waals surface area contributed by atoms with Gasteiger partial charge in [-0.25, -0.2) is 8.42 Å². The summed E-state index contributed by atoms with van der Waals surface area (Å²) in [5.41, 5.74) is 1.99. The standard InChI is InChI=1S/C33H43N3O6S/c1-7-25(5)34-33(38)31(8-2)35(22-26-12-16-28(41-6)17-13-26)32(37)23-36(27-14-18-29(19-15-27)42-9-3)43(39,40)30-20-10-24(4)11-21-30/h10-21,25,31H,7-9,22-23H2,1-6H3,(H,34,38)/t25-,31-/m1/s1. The molecule has 232 valence electrons. The van der Waals surface area contributed by atoms with Gasteiger partial charge in [-0.05, 0) is 87.7 Å². The van der Waals surface area contributed by atoms with Crippen LogP contribution >= 0.6 is 0 Å². The van der Waals surface area contributed by atoms with E-state index in [1.54, 1.807) is 55.6 Å². The zero-order chi connectivity index (χ0) is 31.6. The lowest BCUT2D eigenvalue weighted by Gasteiger charge is -2.33. The highest BCUT2D eigenvalue weighted by molar-refractivity contribution is 7.92. The van der Waals surface area contributed by atoms with Crippen LogP contribution in [0.25, 0.3) is 0 Å². The number of rotatable bonds is 15. The molecule has 0 radical (unpaired) electrons. The number of hydrogen-bond donors (Lipinski definition) is 1. The molecule has 3 aromatic rings. The zero-order valence-corrected chi connectivity index (χ0v) is 26.7. The predicted molar refractivity (Wildman–Crippen MR) is 169 cm³/mol. The third kappa shape index (κ3) is 8.73. The third-order valence-electron chi connectivity index (χ3n) is 7.22. The van der Waals surface area contributed by atoms with Crippen molar-refractivity contribution < 1.29 is 27.5 Å². The highest BCUT2D eigenvalue weighted by Gasteiger charge is 2.34. The van der Waals surface area contributed by atoms with Crippen molar-refractivity contribution in [2.45, 2.75) is 71.0 Å². The summed E-state index contributed by atoms with van der Waals surface area (Å²) in [6.45, 7) is 9.50. The van der Waals surface area contributed by atoms with Crippen LogP contribution in [0.3, 0.4) is 0 Å². The van der Waals surface area contributed by atoms with E-state index in [9.17, 15) is 18.0 Å². The second-order valence-electron chi connectivity index (χ2n) is 10.4. The molecule has 0 heterocycles. The number of amides is 2. The van der Waals surface area contributed by atoms with E-state index in [0.29, 0.717) is 30.2 Å². The Morgan fingerprint density at radius 2 is 1.47 bits per heavy atom. The minimum absolute atomic E-state index is 0.0584. The molecule has 0 fully saturated rings. The number of hydrogen-bond acceptors (Lipinski definition) is 6. The van der Waals surface area contributed by atoms with Gasteiger partial charge in [0.2, 0.25) is 11.8 Å². The van der Waals surface area contributed by atoms with Crippen molar-refractivity contribution >= 4 is 27.5 Å². The summed E-state index contributed by atoms with van der Waals surface area (Å²) in [5.74, 6) is 0.451. The van der Waals surface area contributed by atoms with Crippen LogP contribution in [0.4, 0.5) is 5.69 Å². The van der Waals surface area contributed by atoms with E-state index in [1.165, 1.54) is 17.0 Å². The first-order chi connectivity index (χ1) is 20.5. The second-order valence-corrected chi connectivity index (χ2v) is 12.2. The first-order valence-corrected chi connectivity index (χ1v) is 16.0. The molecule has 3 aromatic carbocycles. The molecule has 0 spiro atoms. The van der Waals surface area contributed by atoms with Gasteiger partial charge >= 0.3 is 0 Å². The van der Waals surface area contributed by atoms with Gasteiger partial charge in [0.1, 0.15) is 24.1 Å². The van der Waals surface area contributed by atoms with Crippen LogP contribution in [0, 0.1) is 6.92 Å². The summed E-state index contributed by atoms with van der Waals surface area (Å²) in [5, 5.41) is 2.99. The van der Waals surface area contributed by atoms with Gasteiger partial charge in [-0.15, -0.1) is 0 Å². The summed E-state index contributed by atoms with van der Waals surface area (Å²) in [7, 11) is -2.58. The Labute approximate surface area is 255 Å². The number of nitrogens with one attached hydrogen (secondary N) is 1. The highest BCUT2D eigenvalue weighted by atomic mass is 32.2. The molecule has 0 bridgehead atoms. The van der Waals surface area contributed by atoms with Crippen molar-refractivity contribution in [1.29, 1.82) is 0 Å². The van der Waals surface area contributed by atoms with Crippen LogP contribution < -0.4 is 19.1 Å². The number of anilines is 1. The van der Waals surface area contributed by atoms with E-state index >= 15 is 0 Å². The molecule has 0 aliphatic carbocycles. The van der Waals surface area contributed by atoms with E-state index in [0.717, 1.165) is 21.9 Å². The average molecular weight is 610 g/mol. The lowest BCUT2D eigenvalue weighted by Crippen LogP contribution is -2.53. The molecule has 0 unspecified atom stereocenters. The maximum Gasteiger partial charge on any atom is 0.264 e. The predicted octanol–water partition coefficient (Wildman–Crippen LogP) is 5.32. The Hall–Kier alpha value is -4.05. The molecule has 2 amide bonds. The molecule has 43 heavy (non-hydrogen) atoms. The van der Waals surface area contributed by atoms with Gasteiger partial charge in [0, 0.05) is 12.6 Å². The van der Waals surface area contributed by atoms with Gasteiger partial charge in [0.05, 0.1) is 24.3 Å². The van der Waals surface area contributed by atoms with Gasteiger partial charge < -0.3 is 19.7 Å². The minimum Gasteiger partial charge on any atom is -0.497 e. The van der Waals surface area contributed by atoms with E-state index < -0.39 is 28.5 Å². The largest absolute Gasteiger partial charge is 0.497 e. The van der Waals surface area contributed by atoms with Crippen molar-refractivity contribution in [3.63, 3.8) is 0 Å². The molecule has 3 rings (SSSR count). The fourth-order valence-electron chi connectivity index (χ4n) is 4.53. The van der Waals surface area contributed by atoms with Gasteiger partial charge in [0.25, 0.3) is 10.0 Å². The topological polar surface area (TPSA) is 105 Å². The average Bonchev–Trinajstić information content (AvgIpc) is 3.00. The number of ether oxygens (including phenoxy) is 2. The Morgan fingerprint density at radius 1 is 0.860 bits per heavy atom. The van der Waals surface area contributed by atoms with E-state index in [2.05, 4.69) is 5.32 Å². The number of carbonyl (C=O) groups is 2. The maximum atomic E-state index is 14.2. The first-order valence-electron chi connectivity index (χ1n) is 14.6. The smallest absolute Gasteiger partial charge is 0.264 e. The molecule has 1 N–H and O–H groups in total. The Balaban J connectivity index is 2.06. The van der Waals surface area contributed by atoms with E-state index in [4.69, 9.17) is 9.47 Å². The van der Waals surface area contributed by atoms with Crippen molar-refractivity contribution in [3.8, 4) is 11.5 Å². The SMILES string of the molecule is CCOc1ccc(N(CC(=O)N(Cc2ccc(OC)cc2)[C@H](CC)C(=O)N[C@H](C)CC)S(=O)(=O)c2ccc(C)cc2)cc1. The van der Waals surface area contributed by atoms with Crippen molar-refractivity contribution in [2.75, 3.05) is 24.6 Å². The quantitative estimate of drug-likeness (QED) is 0.250. The van der Waals surface area contributed by atoms with Crippen LogP contribution in [0.1, 0.15) is 51.7 Å². The third-order valence-corrected chi connectivity index (χ3v) is 9.01. The molecule has 0 saturated carbocycles. The first kappa shape index (κ1) is 33.5. The monoisotopic (exact) mass is 609 g/mol. The van der Waals surface area contributed by atoms with Crippen molar-refractivity contribution in [1.82, 2.24) is 10.2 Å². The van der Waals surface area contributed by atoms with Crippen LogP contribution in [-0.4, -0.2) is 57.5 Å². The number of benzene rings is 3. The lowest BCUT2D eigenvalue weighted by molar-refractivity contribution is -0.140. The summed E-state index contributed by atoms with van der Waals surface area (Å²) in [6, 6.07) is 19.4. The molecule has 2 atom stereocenters. The summed E-state index contributed by atoms with van der Waals surface area (Å²) >= 11 is 0. The van der Waals surface area contributed by atoms with E-state index in [-0.39, 0.29) is 23.4 Å². The number of sulfonamides is 1. The fraction of sp³-hybridized carbons (Fsp3) is 0.394. The summed E-state index contributed by atoms with van der Waals surface area (Å²) < 4.78 is 40.0. The Morgan fingerprint density at radius 3 is 2.00 bits per heavy atom.